The molecule has 2 N–H and O–H groups in total. The third-order valence-corrected chi connectivity index (χ3v) is 5.91. The second kappa shape index (κ2) is 4.05. The summed E-state index contributed by atoms with van der Waals surface area (Å²) in [5.74, 6) is 0.0794. The monoisotopic (exact) mass is 308 g/mol. The molecule has 0 aromatic rings. The Morgan fingerprint density at radius 2 is 1.91 bits per heavy atom. The van der Waals surface area contributed by atoms with Crippen molar-refractivity contribution in [1.82, 2.24) is 20.0 Å². The number of rotatable bonds is 2. The van der Waals surface area contributed by atoms with Gasteiger partial charge in [-0.15, -0.1) is 0 Å². The Labute approximate surface area is 128 Å². The SMILES string of the molecule is CNC(=O)C12CC(N3C[C@@H]4CN(C(=O)O)CCN4C3=O)(C1)C2. The number of amides is 4. The van der Waals surface area contributed by atoms with Crippen LogP contribution in [-0.4, -0.2) is 82.6 Å². The number of nitrogens with one attached hydrogen (secondary N) is 1. The van der Waals surface area contributed by atoms with E-state index in [-0.39, 0.29) is 28.9 Å². The van der Waals surface area contributed by atoms with Crippen molar-refractivity contribution >= 4 is 18.0 Å². The van der Waals surface area contributed by atoms with E-state index in [1.807, 2.05) is 4.90 Å². The van der Waals surface area contributed by atoms with Crippen molar-refractivity contribution in [1.29, 1.82) is 0 Å². The Kier molecular flexibility index (Phi) is 2.52. The van der Waals surface area contributed by atoms with Gasteiger partial charge in [0.05, 0.1) is 11.5 Å². The summed E-state index contributed by atoms with van der Waals surface area (Å²) in [7, 11) is 1.65. The highest BCUT2D eigenvalue weighted by molar-refractivity contribution is 5.88. The molecule has 2 bridgehead atoms. The van der Waals surface area contributed by atoms with Crippen molar-refractivity contribution in [3.8, 4) is 0 Å². The van der Waals surface area contributed by atoms with E-state index < -0.39 is 6.09 Å². The van der Waals surface area contributed by atoms with Crippen LogP contribution in [0.25, 0.3) is 0 Å². The highest BCUT2D eigenvalue weighted by Gasteiger charge is 2.75. The molecule has 1 atom stereocenters. The van der Waals surface area contributed by atoms with E-state index in [0.29, 0.717) is 26.2 Å². The van der Waals surface area contributed by atoms with Gasteiger partial charge in [-0.05, 0) is 19.3 Å². The maximum absolute atomic E-state index is 12.6. The largest absolute Gasteiger partial charge is 0.465 e. The zero-order chi connectivity index (χ0) is 15.7. The number of carboxylic acid groups (broad SMARTS) is 1. The minimum Gasteiger partial charge on any atom is -0.465 e. The number of carbonyl (C=O) groups excluding carboxylic acids is 2. The normalized spacial score (nSPS) is 39.0. The van der Waals surface area contributed by atoms with Gasteiger partial charge in [-0.25, -0.2) is 9.59 Å². The first-order valence-electron chi connectivity index (χ1n) is 7.69. The molecule has 0 aromatic carbocycles. The molecular weight excluding hydrogens is 288 g/mol. The van der Waals surface area contributed by atoms with Crippen LogP contribution in [0.3, 0.4) is 0 Å². The first-order valence-corrected chi connectivity index (χ1v) is 7.69. The van der Waals surface area contributed by atoms with Crippen molar-refractivity contribution in [3.05, 3.63) is 0 Å². The molecule has 22 heavy (non-hydrogen) atoms. The molecule has 5 fully saturated rings. The standard InChI is InChI=1S/C14H20N4O4/c1-15-10(19)13-6-14(7-13,8-13)18-5-9-4-16(12(21)22)2-3-17(9)11(18)20/h9H,2-8H2,1H3,(H,15,19)(H,21,22)/t9-,13?,14?/m0/s1. The number of hydrogen-bond donors (Lipinski definition) is 2. The van der Waals surface area contributed by atoms with Gasteiger partial charge in [0.1, 0.15) is 0 Å². The highest BCUT2D eigenvalue weighted by atomic mass is 16.4. The van der Waals surface area contributed by atoms with Crippen LogP contribution in [0, 0.1) is 5.41 Å². The van der Waals surface area contributed by atoms with Gasteiger partial charge in [0, 0.05) is 38.8 Å². The van der Waals surface area contributed by atoms with Gasteiger partial charge in [0.2, 0.25) is 5.91 Å². The van der Waals surface area contributed by atoms with E-state index in [1.54, 1.807) is 11.9 Å². The first kappa shape index (κ1) is 13.7. The molecule has 8 heteroatoms. The lowest BCUT2D eigenvalue weighted by Gasteiger charge is -2.71. The van der Waals surface area contributed by atoms with Crippen LogP contribution in [-0.2, 0) is 4.79 Å². The van der Waals surface area contributed by atoms with Crippen molar-refractivity contribution in [3.63, 3.8) is 0 Å². The lowest BCUT2D eigenvalue weighted by Crippen LogP contribution is -2.78. The van der Waals surface area contributed by atoms with Crippen LogP contribution < -0.4 is 5.32 Å². The Morgan fingerprint density at radius 3 is 2.50 bits per heavy atom. The van der Waals surface area contributed by atoms with Crippen LogP contribution in [0.4, 0.5) is 9.59 Å². The molecule has 2 aliphatic heterocycles. The minimum atomic E-state index is -0.922. The van der Waals surface area contributed by atoms with E-state index in [4.69, 9.17) is 5.11 Å². The van der Waals surface area contributed by atoms with Crippen LogP contribution in [0.1, 0.15) is 19.3 Å². The fourth-order valence-corrected chi connectivity index (χ4v) is 4.80. The van der Waals surface area contributed by atoms with Crippen molar-refractivity contribution in [2.24, 2.45) is 5.41 Å². The van der Waals surface area contributed by atoms with Gasteiger partial charge in [0.25, 0.3) is 0 Å². The van der Waals surface area contributed by atoms with Crippen molar-refractivity contribution < 1.29 is 19.5 Å². The van der Waals surface area contributed by atoms with Crippen molar-refractivity contribution in [2.75, 3.05) is 33.2 Å². The predicted octanol–water partition coefficient (Wildman–Crippen LogP) is -0.245. The topological polar surface area (TPSA) is 93.2 Å². The predicted molar refractivity (Wildman–Crippen MR) is 75.3 cm³/mol. The second-order valence-electron chi connectivity index (χ2n) is 7.08. The second-order valence-corrected chi connectivity index (χ2v) is 7.08. The molecule has 5 aliphatic rings. The molecule has 120 valence electrons. The summed E-state index contributed by atoms with van der Waals surface area (Å²) >= 11 is 0. The molecule has 8 nitrogen and oxygen atoms in total. The average Bonchev–Trinajstić information content (AvgIpc) is 2.72. The van der Waals surface area contributed by atoms with Gasteiger partial charge < -0.3 is 25.1 Å². The van der Waals surface area contributed by atoms with Gasteiger partial charge in [-0.2, -0.15) is 0 Å². The Hall–Kier alpha value is -1.99. The molecule has 0 radical (unpaired) electrons. The van der Waals surface area contributed by atoms with Crippen LogP contribution in [0.15, 0.2) is 0 Å². The molecule has 4 amide bonds. The van der Waals surface area contributed by atoms with E-state index in [0.717, 1.165) is 19.3 Å². The molecule has 2 heterocycles. The third-order valence-electron chi connectivity index (χ3n) is 5.91. The summed E-state index contributed by atoms with van der Waals surface area (Å²) in [6, 6.07) is -0.0393. The summed E-state index contributed by atoms with van der Waals surface area (Å²) in [5.41, 5.74) is -0.416. The number of nitrogens with zero attached hydrogens (tertiary/aromatic N) is 3. The van der Waals surface area contributed by atoms with Crippen LogP contribution >= 0.6 is 0 Å². The van der Waals surface area contributed by atoms with Crippen LogP contribution in [0.2, 0.25) is 0 Å². The molecule has 0 aromatic heterocycles. The summed E-state index contributed by atoms with van der Waals surface area (Å²) in [5, 5.41) is 11.8. The molecule has 0 unspecified atom stereocenters. The van der Waals surface area contributed by atoms with E-state index in [1.165, 1.54) is 4.90 Å². The number of carbonyl (C=O) groups is 3. The summed E-state index contributed by atoms with van der Waals surface area (Å²) < 4.78 is 0. The summed E-state index contributed by atoms with van der Waals surface area (Å²) in [6.45, 7) is 1.80. The highest BCUT2D eigenvalue weighted by Crippen LogP contribution is 2.70. The molecule has 5 rings (SSSR count). The number of urea groups is 1. The van der Waals surface area contributed by atoms with Gasteiger partial charge >= 0.3 is 12.1 Å². The zero-order valence-corrected chi connectivity index (χ0v) is 12.5. The third kappa shape index (κ3) is 1.50. The number of piperazine rings is 1. The smallest absolute Gasteiger partial charge is 0.407 e. The van der Waals surface area contributed by atoms with Crippen molar-refractivity contribution in [2.45, 2.75) is 30.8 Å². The Morgan fingerprint density at radius 1 is 1.23 bits per heavy atom. The van der Waals surface area contributed by atoms with E-state index in [9.17, 15) is 14.4 Å². The molecule has 2 saturated heterocycles. The maximum atomic E-state index is 12.6. The fourth-order valence-electron chi connectivity index (χ4n) is 4.80. The summed E-state index contributed by atoms with van der Waals surface area (Å²) in [4.78, 5) is 40.6. The lowest BCUT2D eigenvalue weighted by molar-refractivity contribution is -0.204. The van der Waals surface area contributed by atoms with Gasteiger partial charge in [-0.3, -0.25) is 4.79 Å². The average molecular weight is 308 g/mol. The summed E-state index contributed by atoms with van der Waals surface area (Å²) in [6.07, 6.45) is 1.31. The number of fused-ring (bicyclic) bond motifs is 1. The quantitative estimate of drug-likeness (QED) is 0.736. The van der Waals surface area contributed by atoms with Gasteiger partial charge in [0.15, 0.2) is 0 Å². The fraction of sp³-hybridized carbons (Fsp3) is 0.786. The Bertz CT molecular complexity index is 557. The number of hydrogen-bond acceptors (Lipinski definition) is 3. The van der Waals surface area contributed by atoms with Crippen LogP contribution in [0.5, 0.6) is 0 Å². The first-order chi connectivity index (χ1) is 10.4. The maximum Gasteiger partial charge on any atom is 0.407 e. The Balaban J connectivity index is 1.45. The van der Waals surface area contributed by atoms with Gasteiger partial charge in [-0.1, -0.05) is 0 Å². The molecule has 0 spiro atoms. The van der Waals surface area contributed by atoms with E-state index >= 15 is 0 Å². The molecule has 3 aliphatic carbocycles. The molecule has 3 saturated carbocycles. The zero-order valence-electron chi connectivity index (χ0n) is 12.5. The molecular formula is C14H20N4O4. The lowest BCUT2D eigenvalue weighted by atomic mass is 9.38. The minimum absolute atomic E-state index is 0.0141. The van der Waals surface area contributed by atoms with E-state index in [2.05, 4.69) is 5.32 Å².